The number of imidazole rings is 1. The van der Waals surface area contributed by atoms with Gasteiger partial charge in [-0.15, -0.1) is 0 Å². The maximum Gasteiger partial charge on any atom is 0.451 e. The lowest BCUT2D eigenvalue weighted by atomic mass is 10.2. The van der Waals surface area contributed by atoms with Crippen LogP contribution in [0.3, 0.4) is 0 Å². The van der Waals surface area contributed by atoms with E-state index < -0.39 is 12.0 Å². The summed E-state index contributed by atoms with van der Waals surface area (Å²) in [5, 5.41) is 3.25. The van der Waals surface area contributed by atoms with Crippen molar-refractivity contribution in [2.75, 3.05) is 12.4 Å². The monoisotopic (exact) mass is 363 g/mol. The Bertz CT molecular complexity index is 932. The molecular formula is C17H16F3N5O. The molecule has 1 fully saturated rings. The molecule has 26 heavy (non-hydrogen) atoms. The molecule has 0 atom stereocenters. The number of fused-ring (bicyclic) bond motifs is 1. The van der Waals surface area contributed by atoms with Crippen LogP contribution in [0.1, 0.15) is 24.2 Å². The van der Waals surface area contributed by atoms with Crippen LogP contribution >= 0.6 is 0 Å². The highest BCUT2D eigenvalue weighted by Gasteiger charge is 2.35. The lowest BCUT2D eigenvalue weighted by molar-refractivity contribution is -0.144. The number of aromatic nitrogens is 4. The Morgan fingerprint density at radius 3 is 2.54 bits per heavy atom. The number of hydrogen-bond acceptors (Lipinski definition) is 5. The van der Waals surface area contributed by atoms with E-state index >= 15 is 0 Å². The van der Waals surface area contributed by atoms with Gasteiger partial charge in [0.2, 0.25) is 11.8 Å². The minimum Gasteiger partial charge on any atom is -0.497 e. The number of nitrogens with zero attached hydrogens (tertiary/aromatic N) is 4. The number of anilines is 1. The second-order valence-electron chi connectivity index (χ2n) is 6.19. The molecule has 0 aliphatic heterocycles. The molecule has 0 amide bonds. The highest BCUT2D eigenvalue weighted by molar-refractivity contribution is 5.74. The normalized spacial score (nSPS) is 14.6. The fourth-order valence-electron chi connectivity index (χ4n) is 2.64. The summed E-state index contributed by atoms with van der Waals surface area (Å²) < 4.78 is 45.8. The average Bonchev–Trinajstić information content (AvgIpc) is 3.37. The van der Waals surface area contributed by atoms with Crippen LogP contribution < -0.4 is 10.1 Å². The van der Waals surface area contributed by atoms with Crippen molar-refractivity contribution in [1.29, 1.82) is 0 Å². The van der Waals surface area contributed by atoms with E-state index in [0.717, 1.165) is 24.6 Å². The largest absolute Gasteiger partial charge is 0.497 e. The smallest absolute Gasteiger partial charge is 0.451 e. The van der Waals surface area contributed by atoms with Crippen molar-refractivity contribution in [3.05, 3.63) is 41.9 Å². The zero-order chi connectivity index (χ0) is 18.3. The summed E-state index contributed by atoms with van der Waals surface area (Å²) in [5.41, 5.74) is 1.39. The summed E-state index contributed by atoms with van der Waals surface area (Å²) in [6, 6.07) is 7.63. The molecule has 0 saturated heterocycles. The standard InChI is InChI=1S/C17H16F3N5O/c1-26-12-6-2-10(3-7-12)9-25-14-13(23-16(25)22-11-4-5-11)8-21-15(24-14)17(18,19)20/h2-3,6-8,11H,4-5,9H2,1H3,(H,22,23). The van der Waals surface area contributed by atoms with Crippen molar-refractivity contribution < 1.29 is 17.9 Å². The Morgan fingerprint density at radius 2 is 1.92 bits per heavy atom. The molecule has 136 valence electrons. The molecule has 3 aromatic rings. The summed E-state index contributed by atoms with van der Waals surface area (Å²) in [4.78, 5) is 11.5. The predicted octanol–water partition coefficient (Wildman–Crippen LogP) is 3.48. The van der Waals surface area contributed by atoms with Gasteiger partial charge in [0.1, 0.15) is 11.3 Å². The van der Waals surface area contributed by atoms with E-state index in [1.807, 2.05) is 12.1 Å². The molecule has 2 heterocycles. The van der Waals surface area contributed by atoms with E-state index in [2.05, 4.69) is 20.3 Å². The van der Waals surface area contributed by atoms with E-state index in [0.29, 0.717) is 29.8 Å². The molecule has 1 saturated carbocycles. The van der Waals surface area contributed by atoms with Crippen LogP contribution in [0.5, 0.6) is 5.75 Å². The summed E-state index contributed by atoms with van der Waals surface area (Å²) in [5.74, 6) is 0.0491. The molecule has 0 bridgehead atoms. The first-order valence-electron chi connectivity index (χ1n) is 8.14. The lowest BCUT2D eigenvalue weighted by Crippen LogP contribution is -2.13. The number of halogens is 3. The van der Waals surface area contributed by atoms with E-state index in [1.165, 1.54) is 0 Å². The fraction of sp³-hybridized carbons (Fsp3) is 0.353. The molecule has 0 radical (unpaired) electrons. The van der Waals surface area contributed by atoms with Gasteiger partial charge < -0.3 is 10.1 Å². The van der Waals surface area contributed by atoms with E-state index in [1.54, 1.807) is 23.8 Å². The number of rotatable bonds is 5. The Labute approximate surface area is 147 Å². The van der Waals surface area contributed by atoms with Gasteiger partial charge in [-0.05, 0) is 30.5 Å². The summed E-state index contributed by atoms with van der Waals surface area (Å²) in [7, 11) is 1.58. The molecule has 1 aliphatic rings. The van der Waals surface area contributed by atoms with Crippen LogP contribution in [0.15, 0.2) is 30.5 Å². The number of ether oxygens (including phenoxy) is 1. The molecule has 1 N–H and O–H groups in total. The zero-order valence-corrected chi connectivity index (χ0v) is 13.9. The van der Waals surface area contributed by atoms with Crippen molar-refractivity contribution in [3.63, 3.8) is 0 Å². The van der Waals surface area contributed by atoms with Crippen molar-refractivity contribution in [3.8, 4) is 5.75 Å². The molecule has 1 aliphatic carbocycles. The zero-order valence-electron chi connectivity index (χ0n) is 13.9. The van der Waals surface area contributed by atoms with Gasteiger partial charge in [-0.25, -0.2) is 15.0 Å². The van der Waals surface area contributed by atoms with E-state index in [-0.39, 0.29) is 5.65 Å². The van der Waals surface area contributed by atoms with Crippen LogP contribution in [0.25, 0.3) is 11.2 Å². The van der Waals surface area contributed by atoms with Crippen LogP contribution in [-0.2, 0) is 12.7 Å². The Hall–Kier alpha value is -2.84. The lowest BCUT2D eigenvalue weighted by Gasteiger charge is -2.11. The first-order valence-corrected chi connectivity index (χ1v) is 8.14. The SMILES string of the molecule is COc1ccc(Cn2c(NC3CC3)nc3cnc(C(F)(F)F)nc32)cc1. The van der Waals surface area contributed by atoms with Gasteiger partial charge in [0.25, 0.3) is 0 Å². The Kier molecular flexibility index (Phi) is 3.93. The Morgan fingerprint density at radius 1 is 1.19 bits per heavy atom. The first-order chi connectivity index (χ1) is 12.4. The average molecular weight is 363 g/mol. The minimum absolute atomic E-state index is 0.159. The summed E-state index contributed by atoms with van der Waals surface area (Å²) in [6.45, 7) is 0.337. The number of hydrogen-bond donors (Lipinski definition) is 1. The maximum absolute atomic E-state index is 13.0. The van der Waals surface area contributed by atoms with Crippen molar-refractivity contribution in [2.24, 2.45) is 0 Å². The van der Waals surface area contributed by atoms with Crippen LogP contribution in [-0.4, -0.2) is 32.7 Å². The van der Waals surface area contributed by atoms with Gasteiger partial charge in [-0.1, -0.05) is 12.1 Å². The molecule has 0 spiro atoms. The molecule has 1 aromatic carbocycles. The number of benzene rings is 1. The second-order valence-corrected chi connectivity index (χ2v) is 6.19. The van der Waals surface area contributed by atoms with Gasteiger partial charge in [-0.2, -0.15) is 13.2 Å². The van der Waals surface area contributed by atoms with Gasteiger partial charge >= 0.3 is 6.18 Å². The molecular weight excluding hydrogens is 347 g/mol. The summed E-state index contributed by atoms with van der Waals surface area (Å²) in [6.07, 6.45) is -1.45. The first kappa shape index (κ1) is 16.6. The van der Waals surface area contributed by atoms with Gasteiger partial charge in [0, 0.05) is 6.04 Å². The minimum atomic E-state index is -4.60. The van der Waals surface area contributed by atoms with Crippen molar-refractivity contribution in [1.82, 2.24) is 19.5 Å². The van der Waals surface area contributed by atoms with Crippen molar-refractivity contribution >= 4 is 17.1 Å². The second kappa shape index (κ2) is 6.15. The topological polar surface area (TPSA) is 64.9 Å². The van der Waals surface area contributed by atoms with E-state index in [4.69, 9.17) is 4.74 Å². The quantitative estimate of drug-likeness (QED) is 0.752. The Balaban J connectivity index is 1.77. The third-order valence-corrected chi connectivity index (χ3v) is 4.15. The third-order valence-electron chi connectivity index (χ3n) is 4.15. The molecule has 6 nitrogen and oxygen atoms in total. The number of alkyl halides is 3. The number of nitrogens with one attached hydrogen (secondary N) is 1. The molecule has 0 unspecified atom stereocenters. The predicted molar refractivity (Wildman–Crippen MR) is 89.1 cm³/mol. The maximum atomic E-state index is 13.0. The molecule has 2 aromatic heterocycles. The van der Waals surface area contributed by atoms with Crippen molar-refractivity contribution in [2.45, 2.75) is 31.6 Å². The van der Waals surface area contributed by atoms with Gasteiger partial charge in [0.05, 0.1) is 19.9 Å². The van der Waals surface area contributed by atoms with Gasteiger partial charge in [0.15, 0.2) is 5.65 Å². The highest BCUT2D eigenvalue weighted by Crippen LogP contribution is 2.30. The highest BCUT2D eigenvalue weighted by atomic mass is 19.4. The fourth-order valence-corrected chi connectivity index (χ4v) is 2.64. The summed E-state index contributed by atoms with van der Waals surface area (Å²) >= 11 is 0. The van der Waals surface area contributed by atoms with Crippen LogP contribution in [0.2, 0.25) is 0 Å². The van der Waals surface area contributed by atoms with E-state index in [9.17, 15) is 13.2 Å². The van der Waals surface area contributed by atoms with Crippen LogP contribution in [0.4, 0.5) is 19.1 Å². The molecule has 4 rings (SSSR count). The third kappa shape index (κ3) is 3.29. The number of methoxy groups -OCH3 is 1. The van der Waals surface area contributed by atoms with Gasteiger partial charge in [-0.3, -0.25) is 4.57 Å². The molecule has 9 heteroatoms. The van der Waals surface area contributed by atoms with Crippen LogP contribution in [0, 0.1) is 0 Å².